The van der Waals surface area contributed by atoms with Gasteiger partial charge in [-0.25, -0.2) is 0 Å². The van der Waals surface area contributed by atoms with Gasteiger partial charge >= 0.3 is 0 Å². The molecule has 2 aromatic carbocycles. The summed E-state index contributed by atoms with van der Waals surface area (Å²) in [4.78, 5) is 27.3. The lowest BCUT2D eigenvalue weighted by Crippen LogP contribution is -2.50. The lowest BCUT2D eigenvalue weighted by atomic mass is 9.92. The average molecular weight is 478 g/mol. The molecule has 1 amide bonds. The van der Waals surface area contributed by atoms with Gasteiger partial charge in [0.2, 0.25) is 5.91 Å². The molecule has 1 N–H and O–H groups in total. The Morgan fingerprint density at radius 1 is 1.11 bits per heavy atom. The molecule has 2 aliphatic rings. The topological polar surface area (TPSA) is 112 Å². The molecule has 184 valence electrons. The van der Waals surface area contributed by atoms with E-state index in [1.54, 1.807) is 6.07 Å². The van der Waals surface area contributed by atoms with Gasteiger partial charge in [-0.3, -0.25) is 14.9 Å². The second kappa shape index (κ2) is 11.2. The Labute approximate surface area is 205 Å². The van der Waals surface area contributed by atoms with Crippen LogP contribution in [0.3, 0.4) is 0 Å². The molecule has 2 aromatic rings. The Bertz CT molecular complexity index is 1080. The number of rotatable bonds is 7. The number of carbonyl (C=O) groups excluding carboxylic acids is 1. The van der Waals surface area contributed by atoms with Crippen molar-refractivity contribution in [3.05, 3.63) is 63.7 Å². The fourth-order valence-electron chi connectivity index (χ4n) is 4.73. The molecule has 35 heavy (non-hydrogen) atoms. The van der Waals surface area contributed by atoms with E-state index in [9.17, 15) is 20.2 Å². The Morgan fingerprint density at radius 2 is 1.80 bits per heavy atom. The van der Waals surface area contributed by atoms with Crippen molar-refractivity contribution in [2.24, 2.45) is 0 Å². The smallest absolute Gasteiger partial charge is 0.287 e. The summed E-state index contributed by atoms with van der Waals surface area (Å²) in [5.74, 6) is 0.0451. The number of nitro benzene ring substituents is 1. The number of nitriles is 1. The molecule has 9 nitrogen and oxygen atoms in total. The number of carbonyl (C=O) groups is 1. The van der Waals surface area contributed by atoms with Crippen LogP contribution in [0.4, 0.5) is 17.1 Å². The quantitative estimate of drug-likeness (QED) is 0.476. The number of aryl methyl sites for hydroxylation is 1. The lowest BCUT2D eigenvalue weighted by Gasteiger charge is -2.36. The van der Waals surface area contributed by atoms with Crippen LogP contribution in [0.5, 0.6) is 0 Å². The fourth-order valence-corrected chi connectivity index (χ4v) is 4.73. The molecule has 0 aromatic heterocycles. The van der Waals surface area contributed by atoms with Gasteiger partial charge in [-0.1, -0.05) is 17.7 Å². The number of benzene rings is 2. The van der Waals surface area contributed by atoms with E-state index in [2.05, 4.69) is 41.4 Å². The number of anilines is 2. The zero-order chi connectivity index (χ0) is 24.8. The van der Waals surface area contributed by atoms with E-state index in [-0.39, 0.29) is 35.9 Å². The second-order valence-electron chi connectivity index (χ2n) is 9.23. The first-order valence-corrected chi connectivity index (χ1v) is 12.1. The molecule has 1 saturated carbocycles. The number of nitrogens with one attached hydrogen (secondary N) is 1. The number of hydrogen-bond donors (Lipinski definition) is 1. The van der Waals surface area contributed by atoms with Gasteiger partial charge in [0.15, 0.2) is 0 Å². The maximum atomic E-state index is 12.7. The van der Waals surface area contributed by atoms with E-state index in [4.69, 9.17) is 4.74 Å². The molecule has 0 spiro atoms. The maximum Gasteiger partial charge on any atom is 0.287 e. The highest BCUT2D eigenvalue weighted by Crippen LogP contribution is 2.27. The number of ether oxygens (including phenoxy) is 1. The largest absolute Gasteiger partial charge is 0.382 e. The molecule has 1 heterocycles. The van der Waals surface area contributed by atoms with E-state index >= 15 is 0 Å². The van der Waals surface area contributed by atoms with Crippen molar-refractivity contribution in [2.75, 3.05) is 43.0 Å². The van der Waals surface area contributed by atoms with Crippen molar-refractivity contribution < 1.29 is 14.5 Å². The van der Waals surface area contributed by atoms with E-state index in [0.29, 0.717) is 18.8 Å². The standard InChI is InChI=1S/C26H31N5O4/c1-19-2-7-23(8-3-19)29-12-14-30(15-13-29)26(32)18-35-24-9-4-21(5-10-24)28-22-6-11-25(31(33)34)20(16-22)17-27/h2-3,6-8,11,16,21,24,28H,4-5,9-10,12-15,18H2,1H3. The minimum absolute atomic E-state index is 0.0451. The van der Waals surface area contributed by atoms with Gasteiger partial charge in [0.05, 0.1) is 11.0 Å². The van der Waals surface area contributed by atoms with Crippen molar-refractivity contribution in [1.82, 2.24) is 4.90 Å². The van der Waals surface area contributed by atoms with E-state index < -0.39 is 4.92 Å². The van der Waals surface area contributed by atoms with Crippen molar-refractivity contribution in [2.45, 2.75) is 44.8 Å². The highest BCUT2D eigenvalue weighted by Gasteiger charge is 2.25. The van der Waals surface area contributed by atoms with Crippen molar-refractivity contribution >= 4 is 23.0 Å². The van der Waals surface area contributed by atoms with Crippen LogP contribution in [0.1, 0.15) is 36.8 Å². The summed E-state index contributed by atoms with van der Waals surface area (Å²) in [6.07, 6.45) is 3.46. The predicted molar refractivity (Wildman–Crippen MR) is 133 cm³/mol. The minimum Gasteiger partial charge on any atom is -0.382 e. The zero-order valence-corrected chi connectivity index (χ0v) is 20.0. The Balaban J connectivity index is 1.17. The van der Waals surface area contributed by atoms with Crippen LogP contribution in [0.15, 0.2) is 42.5 Å². The number of nitro groups is 1. The molecule has 1 aliphatic heterocycles. The van der Waals surface area contributed by atoms with Gasteiger partial charge in [-0.2, -0.15) is 5.26 Å². The van der Waals surface area contributed by atoms with Crippen molar-refractivity contribution in [1.29, 1.82) is 5.26 Å². The van der Waals surface area contributed by atoms with Crippen LogP contribution in [-0.4, -0.2) is 60.7 Å². The number of piperazine rings is 1. The zero-order valence-electron chi connectivity index (χ0n) is 20.0. The van der Waals surface area contributed by atoms with Crippen molar-refractivity contribution in [3.63, 3.8) is 0 Å². The summed E-state index contributed by atoms with van der Waals surface area (Å²) < 4.78 is 5.95. The first-order chi connectivity index (χ1) is 16.9. The maximum absolute atomic E-state index is 12.7. The van der Waals surface area contributed by atoms with Gasteiger partial charge in [-0.05, 0) is 56.9 Å². The number of nitrogens with zero attached hydrogens (tertiary/aromatic N) is 4. The van der Waals surface area contributed by atoms with E-state index in [1.165, 1.54) is 23.4 Å². The molecule has 4 rings (SSSR count). The van der Waals surface area contributed by atoms with Gasteiger partial charge < -0.3 is 19.9 Å². The summed E-state index contributed by atoms with van der Waals surface area (Å²) in [5.41, 5.74) is 3.01. The summed E-state index contributed by atoms with van der Waals surface area (Å²) in [6, 6.07) is 15.1. The summed E-state index contributed by atoms with van der Waals surface area (Å²) >= 11 is 0. The van der Waals surface area contributed by atoms with Crippen LogP contribution in [-0.2, 0) is 9.53 Å². The molecular formula is C26H31N5O4. The Hall–Kier alpha value is -3.64. The Morgan fingerprint density at radius 3 is 2.43 bits per heavy atom. The fraction of sp³-hybridized carbons (Fsp3) is 0.462. The van der Waals surface area contributed by atoms with Crippen LogP contribution in [0.2, 0.25) is 0 Å². The molecule has 0 radical (unpaired) electrons. The number of amides is 1. The molecule has 1 aliphatic carbocycles. The monoisotopic (exact) mass is 477 g/mol. The predicted octanol–water partition coefficient (Wildman–Crippen LogP) is 3.86. The summed E-state index contributed by atoms with van der Waals surface area (Å²) in [5, 5.41) is 23.5. The first kappa shape index (κ1) is 24.5. The third-order valence-electron chi connectivity index (χ3n) is 6.83. The molecule has 0 bridgehead atoms. The first-order valence-electron chi connectivity index (χ1n) is 12.1. The lowest BCUT2D eigenvalue weighted by molar-refractivity contribution is -0.385. The van der Waals surface area contributed by atoms with Crippen molar-refractivity contribution in [3.8, 4) is 6.07 Å². The van der Waals surface area contributed by atoms with Crippen LogP contribution >= 0.6 is 0 Å². The van der Waals surface area contributed by atoms with Crippen LogP contribution < -0.4 is 10.2 Å². The average Bonchev–Trinajstić information content (AvgIpc) is 2.88. The SMILES string of the molecule is Cc1ccc(N2CCN(C(=O)COC3CCC(Nc4ccc([N+](=O)[O-])c(C#N)c4)CC3)CC2)cc1. The van der Waals surface area contributed by atoms with Gasteiger partial charge in [0.1, 0.15) is 18.2 Å². The van der Waals surface area contributed by atoms with E-state index in [0.717, 1.165) is 38.8 Å². The molecule has 9 heteroatoms. The van der Waals surface area contributed by atoms with Crippen LogP contribution in [0.25, 0.3) is 0 Å². The molecule has 0 unspecified atom stereocenters. The second-order valence-corrected chi connectivity index (χ2v) is 9.23. The highest BCUT2D eigenvalue weighted by atomic mass is 16.6. The molecule has 2 fully saturated rings. The molecule has 1 saturated heterocycles. The van der Waals surface area contributed by atoms with E-state index in [1.807, 2.05) is 11.0 Å². The van der Waals surface area contributed by atoms with Crippen LogP contribution in [0, 0.1) is 28.4 Å². The third kappa shape index (κ3) is 6.28. The highest BCUT2D eigenvalue weighted by molar-refractivity contribution is 5.77. The third-order valence-corrected chi connectivity index (χ3v) is 6.83. The Kier molecular flexibility index (Phi) is 7.83. The number of hydrogen-bond acceptors (Lipinski definition) is 7. The summed E-state index contributed by atoms with van der Waals surface area (Å²) in [6.45, 7) is 5.23. The van der Waals surface area contributed by atoms with Gasteiger partial charge in [0, 0.05) is 49.7 Å². The molecule has 0 atom stereocenters. The normalized spacial score (nSPS) is 20.2. The van der Waals surface area contributed by atoms with Gasteiger partial charge in [-0.15, -0.1) is 0 Å². The van der Waals surface area contributed by atoms with Gasteiger partial charge in [0.25, 0.3) is 5.69 Å². The molecular weight excluding hydrogens is 446 g/mol. The minimum atomic E-state index is -0.546. The summed E-state index contributed by atoms with van der Waals surface area (Å²) in [7, 11) is 0.